The van der Waals surface area contributed by atoms with Gasteiger partial charge in [0.05, 0.1) is 27.2 Å². The molecule has 12 heteroatoms. The predicted molar refractivity (Wildman–Crippen MR) is 124 cm³/mol. The van der Waals surface area contributed by atoms with Crippen LogP contribution in [0.25, 0.3) is 15.2 Å². The summed E-state index contributed by atoms with van der Waals surface area (Å²) >= 11 is 13.8. The Balaban J connectivity index is 1.64. The molecule has 0 amide bonds. The minimum Gasteiger partial charge on any atom is -0.338 e. The Labute approximate surface area is 191 Å². The van der Waals surface area contributed by atoms with E-state index < -0.39 is 9.84 Å². The van der Waals surface area contributed by atoms with E-state index in [1.165, 1.54) is 41.9 Å². The number of nitrogens with zero attached hydrogens (tertiary/aromatic N) is 4. The van der Waals surface area contributed by atoms with Gasteiger partial charge in [0.2, 0.25) is 0 Å². The molecule has 0 aliphatic heterocycles. The molecule has 4 aromatic rings. The van der Waals surface area contributed by atoms with Crippen molar-refractivity contribution >= 4 is 82.7 Å². The Morgan fingerprint density at radius 2 is 1.74 bits per heavy atom. The van der Waals surface area contributed by atoms with E-state index in [2.05, 4.69) is 30.4 Å². The molecule has 0 aliphatic rings. The van der Waals surface area contributed by atoms with E-state index in [0.717, 1.165) is 6.26 Å². The van der Waals surface area contributed by atoms with Crippen molar-refractivity contribution < 1.29 is 8.42 Å². The molecule has 156 valence electrons. The number of hydrogen-bond acceptors (Lipinski definition) is 8. The van der Waals surface area contributed by atoms with Crippen molar-refractivity contribution in [2.24, 2.45) is 0 Å². The number of benzene rings is 2. The van der Waals surface area contributed by atoms with Crippen LogP contribution in [0.15, 0.2) is 47.6 Å². The van der Waals surface area contributed by atoms with Gasteiger partial charge in [0.25, 0.3) is 0 Å². The third-order valence-electron chi connectivity index (χ3n) is 4.13. The zero-order valence-corrected chi connectivity index (χ0v) is 18.9. The van der Waals surface area contributed by atoms with Gasteiger partial charge in [-0.25, -0.2) is 28.2 Å². The highest BCUT2D eigenvalue weighted by Gasteiger charge is 2.15. The Morgan fingerprint density at radius 3 is 2.35 bits per heavy atom. The van der Waals surface area contributed by atoms with Crippen molar-refractivity contribution in [3.8, 4) is 0 Å². The molecule has 0 saturated carbocycles. The molecule has 0 bridgehead atoms. The lowest BCUT2D eigenvalue weighted by atomic mass is 10.3. The van der Waals surface area contributed by atoms with Crippen LogP contribution in [0.5, 0.6) is 0 Å². The molecular weight excluding hydrogens is 479 g/mol. The minimum atomic E-state index is -3.28. The monoisotopic (exact) mass is 490 g/mol. The predicted octanol–water partition coefficient (Wildman–Crippen LogP) is 5.83. The van der Waals surface area contributed by atoms with Gasteiger partial charge in [0.15, 0.2) is 31.3 Å². The van der Waals surface area contributed by atoms with Gasteiger partial charge in [0.1, 0.15) is 11.8 Å². The first-order valence-electron chi connectivity index (χ1n) is 8.57. The van der Waals surface area contributed by atoms with Gasteiger partial charge in [-0.05, 0) is 36.4 Å². The average molecular weight is 491 g/mol. The summed E-state index contributed by atoms with van der Waals surface area (Å²) < 4.78 is 23.2. The topological polar surface area (TPSA) is 101 Å². The Bertz CT molecular complexity index is 1420. The summed E-state index contributed by atoms with van der Waals surface area (Å²) in [7, 11) is -3.28. The van der Waals surface area contributed by atoms with E-state index in [0.29, 0.717) is 48.4 Å². The fraction of sp³-hybridized carbons (Fsp3) is 0.0526. The van der Waals surface area contributed by atoms with E-state index in [-0.39, 0.29) is 4.90 Å². The van der Waals surface area contributed by atoms with Gasteiger partial charge in [-0.15, -0.1) is 0 Å². The van der Waals surface area contributed by atoms with Gasteiger partial charge in [-0.1, -0.05) is 34.5 Å². The minimum absolute atomic E-state index is 0.226. The molecule has 0 aliphatic carbocycles. The smallest absolute Gasteiger partial charge is 0.190 e. The maximum absolute atomic E-state index is 11.6. The molecule has 0 radical (unpaired) electrons. The second-order valence-electron chi connectivity index (χ2n) is 6.34. The SMILES string of the molecule is [C-]#[N+]c1cc(Cl)c(Nc2nc3c(Nc4ccc(S(C)(=O)=O)cc4)ncnc3s2)c(Cl)c1. The number of anilines is 4. The van der Waals surface area contributed by atoms with E-state index in [1.54, 1.807) is 12.1 Å². The van der Waals surface area contributed by atoms with Crippen molar-refractivity contribution in [3.63, 3.8) is 0 Å². The molecule has 2 heterocycles. The van der Waals surface area contributed by atoms with Crippen molar-refractivity contribution in [1.82, 2.24) is 15.0 Å². The highest BCUT2D eigenvalue weighted by molar-refractivity contribution is 7.90. The van der Waals surface area contributed by atoms with Crippen LogP contribution in [0, 0.1) is 6.57 Å². The third kappa shape index (κ3) is 4.55. The Kier molecular flexibility index (Phi) is 5.68. The van der Waals surface area contributed by atoms with Crippen LogP contribution < -0.4 is 10.6 Å². The van der Waals surface area contributed by atoms with E-state index in [4.69, 9.17) is 29.8 Å². The summed E-state index contributed by atoms with van der Waals surface area (Å²) in [5.74, 6) is 0.460. The number of fused-ring (bicyclic) bond motifs is 1. The fourth-order valence-corrected chi connectivity index (χ4v) is 4.68. The molecule has 0 saturated heterocycles. The molecule has 31 heavy (non-hydrogen) atoms. The Hall–Kier alpha value is -2.97. The lowest BCUT2D eigenvalue weighted by Gasteiger charge is -2.08. The summed E-state index contributed by atoms with van der Waals surface area (Å²) in [5, 5.41) is 7.29. The zero-order chi connectivity index (χ0) is 22.2. The van der Waals surface area contributed by atoms with Crippen LogP contribution in [-0.2, 0) is 9.84 Å². The van der Waals surface area contributed by atoms with Crippen molar-refractivity contribution in [2.45, 2.75) is 4.90 Å². The number of rotatable bonds is 5. The molecule has 0 fully saturated rings. The molecule has 8 nitrogen and oxygen atoms in total. The van der Waals surface area contributed by atoms with Gasteiger partial charge in [-0.3, -0.25) is 0 Å². The van der Waals surface area contributed by atoms with Gasteiger partial charge < -0.3 is 10.6 Å². The van der Waals surface area contributed by atoms with Crippen LogP contribution in [0.3, 0.4) is 0 Å². The maximum Gasteiger partial charge on any atom is 0.190 e. The van der Waals surface area contributed by atoms with Crippen LogP contribution >= 0.6 is 34.5 Å². The largest absolute Gasteiger partial charge is 0.338 e. The van der Waals surface area contributed by atoms with E-state index >= 15 is 0 Å². The highest BCUT2D eigenvalue weighted by atomic mass is 35.5. The second-order valence-corrected chi connectivity index (χ2v) is 10.1. The van der Waals surface area contributed by atoms with Gasteiger partial charge >= 0.3 is 0 Å². The summed E-state index contributed by atoms with van der Waals surface area (Å²) in [6.07, 6.45) is 2.56. The molecule has 2 aromatic heterocycles. The summed E-state index contributed by atoms with van der Waals surface area (Å²) in [4.78, 5) is 17.2. The van der Waals surface area contributed by atoms with Gasteiger partial charge in [-0.2, -0.15) is 0 Å². The quantitative estimate of drug-likeness (QED) is 0.339. The van der Waals surface area contributed by atoms with Crippen molar-refractivity contribution in [1.29, 1.82) is 0 Å². The molecule has 2 aromatic carbocycles. The maximum atomic E-state index is 11.6. The molecule has 4 rings (SSSR count). The van der Waals surface area contributed by atoms with Crippen LogP contribution in [0.4, 0.5) is 28.0 Å². The molecule has 0 spiro atoms. The lowest BCUT2D eigenvalue weighted by Crippen LogP contribution is -1.99. The van der Waals surface area contributed by atoms with Gasteiger partial charge in [0, 0.05) is 11.9 Å². The van der Waals surface area contributed by atoms with Crippen LogP contribution in [0.2, 0.25) is 10.0 Å². The second kappa shape index (κ2) is 8.28. The third-order valence-corrected chi connectivity index (χ3v) is 6.73. The molecule has 2 N–H and O–H groups in total. The number of hydrogen-bond donors (Lipinski definition) is 2. The summed E-state index contributed by atoms with van der Waals surface area (Å²) in [5.41, 5.74) is 1.95. The number of sulfone groups is 1. The van der Waals surface area contributed by atoms with E-state index in [9.17, 15) is 8.42 Å². The van der Waals surface area contributed by atoms with Crippen LogP contribution in [0.1, 0.15) is 0 Å². The number of aromatic nitrogens is 3. The first-order valence-corrected chi connectivity index (χ1v) is 12.0. The first-order chi connectivity index (χ1) is 14.7. The standard InChI is InChI=1S/C19H12Cl2N6O2S2/c1-22-11-7-13(20)15(14(21)8-11)26-19-27-16-17(23-9-24-18(16)30-19)25-10-3-5-12(6-4-10)31(2,28)29/h3-9H,2H3,(H,26,27)(H,23,24,25). The zero-order valence-electron chi connectivity index (χ0n) is 15.7. The average Bonchev–Trinajstić information content (AvgIpc) is 3.14. The molecular formula is C19H12Cl2N6O2S2. The molecule has 0 atom stereocenters. The summed E-state index contributed by atoms with van der Waals surface area (Å²) in [6.45, 7) is 7.08. The Morgan fingerprint density at radius 1 is 1.06 bits per heavy atom. The lowest BCUT2D eigenvalue weighted by molar-refractivity contribution is 0.602. The number of nitrogens with one attached hydrogen (secondary N) is 2. The highest BCUT2D eigenvalue weighted by Crippen LogP contribution is 2.39. The number of halogens is 2. The van der Waals surface area contributed by atoms with Crippen molar-refractivity contribution in [2.75, 3.05) is 16.9 Å². The van der Waals surface area contributed by atoms with Crippen LogP contribution in [-0.4, -0.2) is 29.6 Å². The first kappa shape index (κ1) is 21.3. The van der Waals surface area contributed by atoms with E-state index in [1.807, 2.05) is 0 Å². The number of thiazole rings is 1. The summed E-state index contributed by atoms with van der Waals surface area (Å²) in [6, 6.07) is 9.36. The fourth-order valence-electron chi connectivity index (χ4n) is 2.67. The molecule has 0 unspecified atom stereocenters. The normalized spacial score (nSPS) is 11.3. The van der Waals surface area contributed by atoms with Crippen molar-refractivity contribution in [3.05, 3.63) is 64.2 Å².